The van der Waals surface area contributed by atoms with Gasteiger partial charge in [-0.1, -0.05) is 27.7 Å². The summed E-state index contributed by atoms with van der Waals surface area (Å²) in [6.45, 7) is 16.4. The molecule has 0 radical (unpaired) electrons. The maximum Gasteiger partial charge on any atom is 0.137 e. The maximum absolute atomic E-state index is 11.4. The molecule has 232 valence electrons. The zero-order valence-corrected chi connectivity index (χ0v) is 24.8. The third-order valence-electron chi connectivity index (χ3n) is 5.25. The highest BCUT2D eigenvalue weighted by Crippen LogP contribution is 1.99. The van der Waals surface area contributed by atoms with Gasteiger partial charge in [0.25, 0.3) is 0 Å². The smallest absolute Gasteiger partial charge is 0.137 e. The number of carbonyl (C=O) groups is 2. The SMILES string of the molecule is CC(C)C(=O)CCOCCOCCOCCOCCOCCOCCOCCOCCOCCC(=O)C(C)C. The van der Waals surface area contributed by atoms with Crippen LogP contribution in [-0.4, -0.2) is 130 Å². The Morgan fingerprint density at radius 2 is 0.487 bits per heavy atom. The highest BCUT2D eigenvalue weighted by atomic mass is 16.6. The predicted molar refractivity (Wildman–Crippen MR) is 146 cm³/mol. The van der Waals surface area contributed by atoms with Gasteiger partial charge in [-0.3, -0.25) is 9.59 Å². The van der Waals surface area contributed by atoms with Crippen molar-refractivity contribution in [2.24, 2.45) is 11.8 Å². The summed E-state index contributed by atoms with van der Waals surface area (Å²) in [5.74, 6) is 0.558. The van der Waals surface area contributed by atoms with Crippen LogP contribution in [0.4, 0.5) is 0 Å². The van der Waals surface area contributed by atoms with Crippen LogP contribution in [-0.2, 0) is 52.2 Å². The Morgan fingerprint density at radius 3 is 0.641 bits per heavy atom. The lowest BCUT2D eigenvalue weighted by Crippen LogP contribution is -2.15. The Kier molecular flexibility index (Phi) is 29.2. The van der Waals surface area contributed by atoms with Crippen molar-refractivity contribution in [1.82, 2.24) is 0 Å². The first kappa shape index (κ1) is 38.0. The highest BCUT2D eigenvalue weighted by molar-refractivity contribution is 5.80. The molecule has 0 aliphatic rings. The summed E-state index contributed by atoms with van der Waals surface area (Å²) in [5, 5.41) is 0. The second-order valence-corrected chi connectivity index (χ2v) is 9.25. The van der Waals surface area contributed by atoms with Gasteiger partial charge < -0.3 is 42.6 Å². The van der Waals surface area contributed by atoms with Gasteiger partial charge in [-0.2, -0.15) is 0 Å². The zero-order valence-electron chi connectivity index (χ0n) is 24.8. The molecule has 0 aromatic heterocycles. The molecule has 0 spiro atoms. The molecule has 0 bridgehead atoms. The van der Waals surface area contributed by atoms with E-state index in [1.807, 2.05) is 27.7 Å². The van der Waals surface area contributed by atoms with Gasteiger partial charge in [0, 0.05) is 24.7 Å². The molecule has 0 fully saturated rings. The van der Waals surface area contributed by atoms with Crippen molar-refractivity contribution in [3.05, 3.63) is 0 Å². The molecule has 0 aromatic carbocycles. The molecule has 0 aliphatic heterocycles. The van der Waals surface area contributed by atoms with E-state index in [0.29, 0.717) is 132 Å². The lowest BCUT2D eigenvalue weighted by molar-refractivity contribution is -0.123. The van der Waals surface area contributed by atoms with E-state index < -0.39 is 0 Å². The van der Waals surface area contributed by atoms with Gasteiger partial charge in [0.2, 0.25) is 0 Å². The van der Waals surface area contributed by atoms with Crippen LogP contribution in [0.5, 0.6) is 0 Å². The van der Waals surface area contributed by atoms with Crippen LogP contribution in [0.2, 0.25) is 0 Å². The molecule has 39 heavy (non-hydrogen) atoms. The molecule has 0 amide bonds. The summed E-state index contributed by atoms with van der Waals surface area (Å²) in [4.78, 5) is 22.9. The fraction of sp³-hybridized carbons (Fsp3) is 0.929. The summed E-state index contributed by atoms with van der Waals surface area (Å²) in [5.41, 5.74) is 0. The number of carbonyl (C=O) groups excluding carboxylic acids is 2. The van der Waals surface area contributed by atoms with Crippen LogP contribution in [0.3, 0.4) is 0 Å². The Balaban J connectivity index is 3.09. The van der Waals surface area contributed by atoms with Crippen LogP contribution >= 0.6 is 0 Å². The monoisotopic (exact) mass is 566 g/mol. The molecule has 0 rings (SSSR count). The van der Waals surface area contributed by atoms with Gasteiger partial charge in [-0.05, 0) is 0 Å². The van der Waals surface area contributed by atoms with Crippen molar-refractivity contribution < 1.29 is 52.2 Å². The van der Waals surface area contributed by atoms with Gasteiger partial charge in [0.1, 0.15) is 11.6 Å². The molecule has 0 aromatic rings. The standard InChI is InChI=1S/C28H54O11/c1-25(2)27(29)5-7-31-9-11-33-13-15-35-17-19-37-21-23-39-24-22-38-20-18-36-16-14-34-12-10-32-8-6-28(30)26(3)4/h25-26H,5-24H2,1-4H3. The first-order valence-corrected chi connectivity index (χ1v) is 14.2. The largest absolute Gasteiger partial charge is 0.379 e. The zero-order chi connectivity index (χ0) is 28.8. The van der Waals surface area contributed by atoms with Crippen molar-refractivity contribution in [1.29, 1.82) is 0 Å². The van der Waals surface area contributed by atoms with E-state index in [-0.39, 0.29) is 23.4 Å². The van der Waals surface area contributed by atoms with E-state index in [2.05, 4.69) is 0 Å². The molecule has 0 saturated heterocycles. The number of Topliss-reactive ketones (excluding diaryl/α,β-unsaturated/α-hetero) is 2. The average molecular weight is 567 g/mol. The van der Waals surface area contributed by atoms with E-state index in [1.165, 1.54) is 0 Å². The van der Waals surface area contributed by atoms with E-state index in [9.17, 15) is 9.59 Å². The summed E-state index contributed by atoms with van der Waals surface area (Å²) < 4.78 is 48.8. The van der Waals surface area contributed by atoms with Crippen molar-refractivity contribution >= 4 is 11.6 Å². The first-order valence-electron chi connectivity index (χ1n) is 14.2. The topological polar surface area (TPSA) is 117 Å². The second kappa shape index (κ2) is 30.0. The first-order chi connectivity index (χ1) is 18.9. The maximum atomic E-state index is 11.4. The molecule has 0 atom stereocenters. The normalized spacial score (nSPS) is 11.6. The van der Waals surface area contributed by atoms with Crippen LogP contribution in [0.1, 0.15) is 40.5 Å². The van der Waals surface area contributed by atoms with Gasteiger partial charge in [-0.25, -0.2) is 0 Å². The van der Waals surface area contributed by atoms with Crippen molar-refractivity contribution in [3.8, 4) is 0 Å². The number of rotatable bonds is 32. The molecule has 0 heterocycles. The Labute approximate surface area is 235 Å². The number of ketones is 2. The molecule has 0 aliphatic carbocycles. The number of hydrogen-bond donors (Lipinski definition) is 0. The Bertz CT molecular complexity index is 498. The number of ether oxygens (including phenoxy) is 9. The van der Waals surface area contributed by atoms with Crippen LogP contribution in [0.25, 0.3) is 0 Å². The number of hydrogen-bond acceptors (Lipinski definition) is 11. The second-order valence-electron chi connectivity index (χ2n) is 9.25. The minimum atomic E-state index is 0.0608. The molecule has 0 N–H and O–H groups in total. The van der Waals surface area contributed by atoms with Crippen molar-refractivity contribution in [3.63, 3.8) is 0 Å². The highest BCUT2D eigenvalue weighted by Gasteiger charge is 2.07. The fourth-order valence-electron chi connectivity index (χ4n) is 2.78. The van der Waals surface area contributed by atoms with Gasteiger partial charge in [-0.15, -0.1) is 0 Å². The molecule has 11 heteroatoms. The van der Waals surface area contributed by atoms with Crippen LogP contribution < -0.4 is 0 Å². The van der Waals surface area contributed by atoms with Crippen molar-refractivity contribution in [2.75, 3.05) is 119 Å². The molecule has 0 unspecified atom stereocenters. The third kappa shape index (κ3) is 29.8. The fourth-order valence-corrected chi connectivity index (χ4v) is 2.78. The lowest BCUT2D eigenvalue weighted by atomic mass is 10.1. The van der Waals surface area contributed by atoms with Crippen LogP contribution in [0, 0.1) is 11.8 Å². The Morgan fingerprint density at radius 1 is 0.333 bits per heavy atom. The summed E-state index contributed by atoms with van der Waals surface area (Å²) in [6, 6.07) is 0. The van der Waals surface area contributed by atoms with E-state index in [4.69, 9.17) is 42.6 Å². The molecule has 0 saturated carbocycles. The summed E-state index contributed by atoms with van der Waals surface area (Å²) >= 11 is 0. The third-order valence-corrected chi connectivity index (χ3v) is 5.25. The van der Waals surface area contributed by atoms with E-state index >= 15 is 0 Å². The quantitative estimate of drug-likeness (QED) is 0.112. The summed E-state index contributed by atoms with van der Waals surface area (Å²) in [7, 11) is 0. The average Bonchev–Trinajstić information content (AvgIpc) is 2.91. The van der Waals surface area contributed by atoms with E-state index in [1.54, 1.807) is 0 Å². The lowest BCUT2D eigenvalue weighted by Gasteiger charge is -2.09. The van der Waals surface area contributed by atoms with Crippen molar-refractivity contribution in [2.45, 2.75) is 40.5 Å². The van der Waals surface area contributed by atoms with Gasteiger partial charge in [0.05, 0.1) is 119 Å². The van der Waals surface area contributed by atoms with Gasteiger partial charge in [0.15, 0.2) is 0 Å². The van der Waals surface area contributed by atoms with Gasteiger partial charge >= 0.3 is 0 Å². The Hall–Kier alpha value is -1.02. The minimum absolute atomic E-state index is 0.0608. The minimum Gasteiger partial charge on any atom is -0.379 e. The predicted octanol–water partition coefficient (Wildman–Crippen LogP) is 2.37. The van der Waals surface area contributed by atoms with E-state index in [0.717, 1.165) is 0 Å². The molecule has 11 nitrogen and oxygen atoms in total. The molecular weight excluding hydrogens is 512 g/mol. The summed E-state index contributed by atoms with van der Waals surface area (Å²) in [6.07, 6.45) is 0.909. The molecular formula is C28H54O11. The van der Waals surface area contributed by atoms with Crippen LogP contribution in [0.15, 0.2) is 0 Å².